The maximum Gasteiger partial charge on any atom is 0.336 e. The number of ether oxygens (including phenoxy) is 2. The molecule has 3 rings (SSSR count). The van der Waals surface area contributed by atoms with Crippen molar-refractivity contribution >= 4 is 16.9 Å². The van der Waals surface area contributed by atoms with Crippen LogP contribution in [0.25, 0.3) is 11.0 Å². The number of carbonyl (C=O) groups excluding carboxylic acids is 1. The number of esters is 1. The Bertz CT molecular complexity index is 803. The van der Waals surface area contributed by atoms with E-state index in [1.54, 1.807) is 25.3 Å². The van der Waals surface area contributed by atoms with Gasteiger partial charge in [0.15, 0.2) is 0 Å². The molecule has 23 heavy (non-hydrogen) atoms. The Labute approximate surface area is 133 Å². The number of carbonyl (C=O) groups is 1. The average molecular weight is 314 g/mol. The average Bonchev–Trinajstić information content (AvgIpc) is 2.59. The molecule has 1 aromatic carbocycles. The van der Waals surface area contributed by atoms with Crippen LogP contribution in [0.2, 0.25) is 0 Å². The molecule has 0 saturated heterocycles. The van der Waals surface area contributed by atoms with Gasteiger partial charge in [-0.2, -0.15) is 0 Å². The molecule has 120 valence electrons. The van der Waals surface area contributed by atoms with E-state index in [4.69, 9.17) is 13.9 Å². The fraction of sp³-hybridized carbons (Fsp3) is 0.333. The van der Waals surface area contributed by atoms with E-state index in [-0.39, 0.29) is 18.5 Å². The Morgan fingerprint density at radius 3 is 2.91 bits per heavy atom. The smallest absolute Gasteiger partial charge is 0.336 e. The van der Waals surface area contributed by atoms with Gasteiger partial charge in [0.25, 0.3) is 0 Å². The van der Waals surface area contributed by atoms with Crippen molar-refractivity contribution in [3.63, 3.8) is 0 Å². The Hall–Kier alpha value is -2.56. The van der Waals surface area contributed by atoms with Crippen LogP contribution in [0.15, 0.2) is 45.6 Å². The van der Waals surface area contributed by atoms with Crippen molar-refractivity contribution < 1.29 is 18.7 Å². The van der Waals surface area contributed by atoms with Gasteiger partial charge >= 0.3 is 11.6 Å². The van der Waals surface area contributed by atoms with Crippen molar-refractivity contribution in [3.8, 4) is 5.75 Å². The minimum Gasteiger partial charge on any atom is -0.497 e. The molecular formula is C18H18O5. The molecule has 2 aromatic rings. The van der Waals surface area contributed by atoms with Gasteiger partial charge in [0.2, 0.25) is 0 Å². The van der Waals surface area contributed by atoms with E-state index < -0.39 is 5.63 Å². The molecule has 5 heteroatoms. The SMILES string of the molecule is COc1ccc2c(COC(=O)[C@H]3CC=CCC3)cc(=O)oc2c1. The number of allylic oxidation sites excluding steroid dienone is 2. The van der Waals surface area contributed by atoms with Crippen LogP contribution in [0.5, 0.6) is 5.75 Å². The van der Waals surface area contributed by atoms with Crippen molar-refractivity contribution in [2.75, 3.05) is 7.11 Å². The lowest BCUT2D eigenvalue weighted by Gasteiger charge is -2.16. The van der Waals surface area contributed by atoms with E-state index >= 15 is 0 Å². The summed E-state index contributed by atoms with van der Waals surface area (Å²) in [7, 11) is 1.55. The molecule has 0 radical (unpaired) electrons. The summed E-state index contributed by atoms with van der Waals surface area (Å²) in [5.41, 5.74) is 0.583. The molecule has 0 aliphatic heterocycles. The van der Waals surface area contributed by atoms with Crippen molar-refractivity contribution in [1.82, 2.24) is 0 Å². The lowest BCUT2D eigenvalue weighted by Crippen LogP contribution is -2.19. The summed E-state index contributed by atoms with van der Waals surface area (Å²) in [6, 6.07) is 6.58. The molecule has 1 heterocycles. The molecule has 0 unspecified atom stereocenters. The van der Waals surface area contributed by atoms with Gasteiger partial charge in [0.05, 0.1) is 13.0 Å². The molecule has 0 bridgehead atoms. The third-order valence-corrected chi connectivity index (χ3v) is 4.01. The minimum atomic E-state index is -0.475. The summed E-state index contributed by atoms with van der Waals surface area (Å²) in [5.74, 6) is 0.291. The Balaban J connectivity index is 1.80. The van der Waals surface area contributed by atoms with E-state index in [1.807, 2.05) is 6.08 Å². The number of rotatable bonds is 4. The number of hydrogen-bond donors (Lipinski definition) is 0. The first kappa shape index (κ1) is 15.3. The molecule has 0 fully saturated rings. The molecule has 0 spiro atoms. The summed E-state index contributed by atoms with van der Waals surface area (Å²) in [6.45, 7) is 0.0630. The second kappa shape index (κ2) is 6.69. The lowest BCUT2D eigenvalue weighted by atomic mass is 9.95. The summed E-state index contributed by atoms with van der Waals surface area (Å²) >= 11 is 0. The predicted molar refractivity (Wildman–Crippen MR) is 85.3 cm³/mol. The number of benzene rings is 1. The van der Waals surface area contributed by atoms with E-state index in [1.165, 1.54) is 6.07 Å². The zero-order valence-electron chi connectivity index (χ0n) is 12.9. The minimum absolute atomic E-state index is 0.0630. The quantitative estimate of drug-likeness (QED) is 0.492. The first-order valence-electron chi connectivity index (χ1n) is 7.60. The van der Waals surface area contributed by atoms with Crippen molar-refractivity contribution in [3.05, 3.63) is 52.4 Å². The third-order valence-electron chi connectivity index (χ3n) is 4.01. The van der Waals surface area contributed by atoms with Crippen LogP contribution in [0.1, 0.15) is 24.8 Å². The Morgan fingerprint density at radius 2 is 2.17 bits per heavy atom. The van der Waals surface area contributed by atoms with Gasteiger partial charge in [-0.25, -0.2) is 4.79 Å². The van der Waals surface area contributed by atoms with Crippen LogP contribution >= 0.6 is 0 Å². The lowest BCUT2D eigenvalue weighted by molar-refractivity contribution is -0.150. The van der Waals surface area contributed by atoms with E-state index in [9.17, 15) is 9.59 Å². The highest BCUT2D eigenvalue weighted by Gasteiger charge is 2.20. The molecule has 1 atom stereocenters. The van der Waals surface area contributed by atoms with Gasteiger partial charge in [0, 0.05) is 23.1 Å². The largest absolute Gasteiger partial charge is 0.497 e. The molecular weight excluding hydrogens is 296 g/mol. The van der Waals surface area contributed by atoms with Crippen LogP contribution in [0, 0.1) is 5.92 Å². The van der Waals surface area contributed by atoms with Gasteiger partial charge in [-0.3, -0.25) is 4.79 Å². The molecule has 0 N–H and O–H groups in total. The van der Waals surface area contributed by atoms with Crippen LogP contribution in [-0.4, -0.2) is 13.1 Å². The second-order valence-corrected chi connectivity index (χ2v) is 5.54. The number of methoxy groups -OCH3 is 1. The zero-order valence-corrected chi connectivity index (χ0v) is 12.9. The van der Waals surface area contributed by atoms with Gasteiger partial charge in [0.1, 0.15) is 17.9 Å². The standard InChI is InChI=1S/C18H18O5/c1-21-14-7-8-15-13(9-17(19)23-16(15)10-14)11-22-18(20)12-5-3-2-4-6-12/h2-3,7-10,12H,4-6,11H2,1H3/t12-/m0/s1. The Morgan fingerprint density at radius 1 is 1.30 bits per heavy atom. The van der Waals surface area contributed by atoms with Crippen molar-refractivity contribution in [1.29, 1.82) is 0 Å². The van der Waals surface area contributed by atoms with Gasteiger partial charge < -0.3 is 13.9 Å². The molecule has 1 aliphatic rings. The highest BCUT2D eigenvalue weighted by Crippen LogP contribution is 2.24. The van der Waals surface area contributed by atoms with Crippen LogP contribution in [0.4, 0.5) is 0 Å². The second-order valence-electron chi connectivity index (χ2n) is 5.54. The summed E-state index contributed by atoms with van der Waals surface area (Å²) in [4.78, 5) is 23.8. The Kier molecular flexibility index (Phi) is 4.46. The van der Waals surface area contributed by atoms with Crippen LogP contribution < -0.4 is 10.4 Å². The molecule has 0 saturated carbocycles. The predicted octanol–water partition coefficient (Wildman–Crippen LogP) is 3.20. The van der Waals surface area contributed by atoms with E-state index in [0.717, 1.165) is 18.2 Å². The zero-order chi connectivity index (χ0) is 16.2. The van der Waals surface area contributed by atoms with Gasteiger partial charge in [-0.15, -0.1) is 0 Å². The first-order chi connectivity index (χ1) is 11.2. The van der Waals surface area contributed by atoms with Crippen molar-refractivity contribution in [2.24, 2.45) is 5.92 Å². The number of fused-ring (bicyclic) bond motifs is 1. The van der Waals surface area contributed by atoms with Gasteiger partial charge in [-0.1, -0.05) is 12.2 Å². The summed E-state index contributed by atoms with van der Waals surface area (Å²) in [5, 5.41) is 0.738. The molecule has 1 aromatic heterocycles. The molecule has 0 amide bonds. The van der Waals surface area contributed by atoms with Gasteiger partial charge in [-0.05, 0) is 31.4 Å². The maximum atomic E-state index is 12.1. The summed E-state index contributed by atoms with van der Waals surface area (Å²) in [6.07, 6.45) is 6.51. The third kappa shape index (κ3) is 3.44. The van der Waals surface area contributed by atoms with Crippen molar-refractivity contribution in [2.45, 2.75) is 25.9 Å². The maximum absolute atomic E-state index is 12.1. The highest BCUT2D eigenvalue weighted by atomic mass is 16.5. The molecule has 5 nitrogen and oxygen atoms in total. The first-order valence-corrected chi connectivity index (χ1v) is 7.60. The topological polar surface area (TPSA) is 65.7 Å². The van der Waals surface area contributed by atoms with E-state index in [0.29, 0.717) is 23.3 Å². The van der Waals surface area contributed by atoms with Crippen LogP contribution in [-0.2, 0) is 16.1 Å². The fourth-order valence-electron chi connectivity index (χ4n) is 2.73. The van der Waals surface area contributed by atoms with E-state index in [2.05, 4.69) is 6.08 Å². The number of hydrogen-bond acceptors (Lipinski definition) is 5. The normalized spacial score (nSPS) is 17.2. The highest BCUT2D eigenvalue weighted by molar-refractivity contribution is 5.82. The molecule has 1 aliphatic carbocycles. The monoisotopic (exact) mass is 314 g/mol. The summed E-state index contributed by atoms with van der Waals surface area (Å²) < 4.78 is 15.7. The fourth-order valence-corrected chi connectivity index (χ4v) is 2.73. The van der Waals surface area contributed by atoms with Crippen LogP contribution in [0.3, 0.4) is 0 Å².